The summed E-state index contributed by atoms with van der Waals surface area (Å²) in [5.41, 5.74) is 2.88. The van der Waals surface area contributed by atoms with Crippen molar-refractivity contribution in [2.45, 2.75) is 51.0 Å². The molecule has 0 bridgehead atoms. The van der Waals surface area contributed by atoms with Crippen LogP contribution in [0.1, 0.15) is 44.2 Å². The van der Waals surface area contributed by atoms with Gasteiger partial charge in [-0.15, -0.1) is 0 Å². The Bertz CT molecular complexity index is 325. The van der Waals surface area contributed by atoms with Gasteiger partial charge in [-0.1, -0.05) is 51.0 Å². The van der Waals surface area contributed by atoms with Gasteiger partial charge in [0.15, 0.2) is 0 Å². The Hall–Kier alpha value is -0.470. The summed E-state index contributed by atoms with van der Waals surface area (Å²) in [6, 6.07) is 8.69. The summed E-state index contributed by atoms with van der Waals surface area (Å²) in [6.45, 7) is 9.06. The Morgan fingerprint density at radius 3 is 2.72 bits per heavy atom. The van der Waals surface area contributed by atoms with Gasteiger partial charge in [-0.05, 0) is 31.0 Å². The second-order valence-corrected chi connectivity index (χ2v) is 6.39. The monoisotopic (exact) mass is 265 g/mol. The molecule has 0 aliphatic carbocycles. The fourth-order valence-electron chi connectivity index (χ4n) is 1.87. The number of rotatable bonds is 9. The summed E-state index contributed by atoms with van der Waals surface area (Å²) in [5.74, 6) is 1.13. The summed E-state index contributed by atoms with van der Waals surface area (Å²) < 4.78 is 0. The highest BCUT2D eigenvalue weighted by atomic mass is 32.2. The largest absolute Gasteiger partial charge is 0.316 e. The number of unbranched alkanes of at least 4 members (excludes halogenated alkanes) is 2. The highest BCUT2D eigenvalue weighted by Crippen LogP contribution is 2.19. The van der Waals surface area contributed by atoms with Crippen molar-refractivity contribution in [3.05, 3.63) is 35.4 Å². The second-order valence-electron chi connectivity index (χ2n) is 4.96. The van der Waals surface area contributed by atoms with Crippen LogP contribution in [0.3, 0.4) is 0 Å². The summed E-state index contributed by atoms with van der Waals surface area (Å²) in [4.78, 5) is 0. The zero-order chi connectivity index (χ0) is 13.2. The minimum absolute atomic E-state index is 0.686. The van der Waals surface area contributed by atoms with Crippen molar-refractivity contribution in [1.29, 1.82) is 0 Å². The summed E-state index contributed by atoms with van der Waals surface area (Å²) in [6.07, 6.45) is 3.96. The van der Waals surface area contributed by atoms with Crippen LogP contribution in [0.4, 0.5) is 0 Å². The van der Waals surface area contributed by atoms with Crippen molar-refractivity contribution < 1.29 is 0 Å². The highest BCUT2D eigenvalue weighted by Gasteiger charge is 2.04. The first-order chi connectivity index (χ1) is 8.74. The molecule has 0 aliphatic heterocycles. The Balaban J connectivity index is 2.13. The Morgan fingerprint density at radius 2 is 2.00 bits per heavy atom. The van der Waals surface area contributed by atoms with Gasteiger partial charge in [-0.2, -0.15) is 11.8 Å². The van der Waals surface area contributed by atoms with Crippen LogP contribution in [0.25, 0.3) is 0 Å². The standard InChI is InChI=1S/C16H27NS/c1-4-5-8-11-17-12-15(3)18-13-16-10-7-6-9-14(16)2/h6-7,9-10,15,17H,4-5,8,11-13H2,1-3H3. The van der Waals surface area contributed by atoms with Crippen LogP contribution in [0.15, 0.2) is 24.3 Å². The molecule has 0 heterocycles. The molecule has 1 aromatic carbocycles. The highest BCUT2D eigenvalue weighted by molar-refractivity contribution is 7.99. The van der Waals surface area contributed by atoms with Crippen LogP contribution in [-0.2, 0) is 5.75 Å². The van der Waals surface area contributed by atoms with E-state index >= 15 is 0 Å². The average Bonchev–Trinajstić information content (AvgIpc) is 2.37. The predicted octanol–water partition coefficient (Wildman–Crippen LogP) is 4.40. The van der Waals surface area contributed by atoms with Gasteiger partial charge in [0, 0.05) is 17.5 Å². The van der Waals surface area contributed by atoms with E-state index in [4.69, 9.17) is 0 Å². The van der Waals surface area contributed by atoms with Gasteiger partial charge >= 0.3 is 0 Å². The van der Waals surface area contributed by atoms with E-state index in [-0.39, 0.29) is 0 Å². The van der Waals surface area contributed by atoms with Gasteiger partial charge in [0.25, 0.3) is 0 Å². The number of hydrogen-bond donors (Lipinski definition) is 1. The zero-order valence-electron chi connectivity index (χ0n) is 12.0. The predicted molar refractivity (Wildman–Crippen MR) is 84.3 cm³/mol. The molecule has 0 fully saturated rings. The molecular formula is C16H27NS. The smallest absolute Gasteiger partial charge is 0.0190 e. The summed E-state index contributed by atoms with van der Waals surface area (Å²) in [7, 11) is 0. The molecule has 0 radical (unpaired) electrons. The molecule has 0 spiro atoms. The first kappa shape index (κ1) is 15.6. The van der Waals surface area contributed by atoms with E-state index in [1.807, 2.05) is 11.8 Å². The van der Waals surface area contributed by atoms with E-state index in [0.29, 0.717) is 5.25 Å². The fraction of sp³-hybridized carbons (Fsp3) is 0.625. The van der Waals surface area contributed by atoms with Gasteiger partial charge in [-0.3, -0.25) is 0 Å². The molecule has 0 saturated carbocycles. The Morgan fingerprint density at radius 1 is 1.22 bits per heavy atom. The van der Waals surface area contributed by atoms with Crippen LogP contribution in [-0.4, -0.2) is 18.3 Å². The first-order valence-corrected chi connectivity index (χ1v) is 8.15. The molecule has 0 amide bonds. The van der Waals surface area contributed by atoms with Crippen LogP contribution < -0.4 is 5.32 Å². The number of benzene rings is 1. The summed E-state index contributed by atoms with van der Waals surface area (Å²) in [5, 5.41) is 4.24. The number of nitrogens with one attached hydrogen (secondary N) is 1. The molecule has 1 unspecified atom stereocenters. The van der Waals surface area contributed by atoms with Crippen molar-refractivity contribution in [2.24, 2.45) is 0 Å². The quantitative estimate of drug-likeness (QED) is 0.664. The third-order valence-electron chi connectivity index (χ3n) is 3.17. The van der Waals surface area contributed by atoms with Crippen molar-refractivity contribution >= 4 is 11.8 Å². The van der Waals surface area contributed by atoms with Crippen LogP contribution in [0.2, 0.25) is 0 Å². The molecule has 1 rings (SSSR count). The number of hydrogen-bond acceptors (Lipinski definition) is 2. The molecule has 18 heavy (non-hydrogen) atoms. The van der Waals surface area contributed by atoms with Gasteiger partial charge in [-0.25, -0.2) is 0 Å². The Labute approximate surface area is 117 Å². The second kappa shape index (κ2) is 9.46. The van der Waals surface area contributed by atoms with Gasteiger partial charge < -0.3 is 5.32 Å². The molecule has 2 heteroatoms. The number of thioether (sulfide) groups is 1. The molecule has 1 N–H and O–H groups in total. The lowest BCUT2D eigenvalue weighted by molar-refractivity contribution is 0.615. The van der Waals surface area contributed by atoms with Gasteiger partial charge in [0.1, 0.15) is 0 Å². The molecule has 1 aromatic rings. The van der Waals surface area contributed by atoms with Crippen molar-refractivity contribution in [1.82, 2.24) is 5.32 Å². The molecule has 1 atom stereocenters. The molecule has 0 aromatic heterocycles. The van der Waals surface area contributed by atoms with E-state index < -0.39 is 0 Å². The van der Waals surface area contributed by atoms with E-state index in [0.717, 1.165) is 12.3 Å². The lowest BCUT2D eigenvalue weighted by atomic mass is 10.1. The van der Waals surface area contributed by atoms with Crippen LogP contribution in [0.5, 0.6) is 0 Å². The van der Waals surface area contributed by atoms with Crippen LogP contribution in [0, 0.1) is 6.92 Å². The van der Waals surface area contributed by atoms with E-state index in [1.54, 1.807) is 0 Å². The molecule has 0 saturated heterocycles. The summed E-state index contributed by atoms with van der Waals surface area (Å²) >= 11 is 2.04. The van der Waals surface area contributed by atoms with Crippen molar-refractivity contribution in [3.63, 3.8) is 0 Å². The minimum Gasteiger partial charge on any atom is -0.316 e. The molecule has 0 aliphatic rings. The average molecular weight is 265 g/mol. The van der Waals surface area contributed by atoms with Gasteiger partial charge in [0.2, 0.25) is 0 Å². The molecule has 1 nitrogen and oxygen atoms in total. The number of aryl methyl sites for hydroxylation is 1. The topological polar surface area (TPSA) is 12.0 Å². The third kappa shape index (κ3) is 6.46. The maximum atomic E-state index is 3.55. The SMILES string of the molecule is CCCCCNCC(C)SCc1ccccc1C. The van der Waals surface area contributed by atoms with E-state index in [2.05, 4.69) is 50.4 Å². The molecule has 102 valence electrons. The maximum Gasteiger partial charge on any atom is 0.0190 e. The normalized spacial score (nSPS) is 12.6. The van der Waals surface area contributed by atoms with Gasteiger partial charge in [0.05, 0.1) is 0 Å². The Kier molecular flexibility index (Phi) is 8.19. The lowest BCUT2D eigenvalue weighted by Crippen LogP contribution is -2.23. The maximum absolute atomic E-state index is 3.55. The fourth-order valence-corrected chi connectivity index (χ4v) is 2.89. The molecular weight excluding hydrogens is 238 g/mol. The van der Waals surface area contributed by atoms with Crippen LogP contribution >= 0.6 is 11.8 Å². The first-order valence-electron chi connectivity index (χ1n) is 7.11. The van der Waals surface area contributed by atoms with E-state index in [1.165, 1.54) is 36.9 Å². The third-order valence-corrected chi connectivity index (χ3v) is 4.39. The van der Waals surface area contributed by atoms with E-state index in [9.17, 15) is 0 Å². The van der Waals surface area contributed by atoms with Crippen molar-refractivity contribution in [3.8, 4) is 0 Å². The minimum atomic E-state index is 0.686. The van der Waals surface area contributed by atoms with Crippen molar-refractivity contribution in [2.75, 3.05) is 13.1 Å². The lowest BCUT2D eigenvalue weighted by Gasteiger charge is -2.13. The zero-order valence-corrected chi connectivity index (χ0v) is 12.9.